The summed E-state index contributed by atoms with van der Waals surface area (Å²) >= 11 is 0. The summed E-state index contributed by atoms with van der Waals surface area (Å²) in [5, 5.41) is 0. The molecule has 7 heteroatoms. The lowest BCUT2D eigenvalue weighted by Gasteiger charge is -2.35. The van der Waals surface area contributed by atoms with Gasteiger partial charge in [0.15, 0.2) is 0 Å². The summed E-state index contributed by atoms with van der Waals surface area (Å²) in [6.07, 6.45) is 4.62. The first kappa shape index (κ1) is 20.4. The van der Waals surface area contributed by atoms with E-state index >= 15 is 0 Å². The molecule has 1 aliphatic heterocycles. The SMILES string of the molecule is CN(C)/C=C/C(=O)c1ccc(N2CCN(C(=O)OCc3ccccc3)CC2)cn1. The first-order chi connectivity index (χ1) is 14.0. The zero-order chi connectivity index (χ0) is 20.6. The van der Waals surface area contributed by atoms with Crippen molar-refractivity contribution < 1.29 is 14.3 Å². The molecular weight excluding hydrogens is 368 g/mol. The third-order valence-electron chi connectivity index (χ3n) is 4.63. The number of rotatable bonds is 6. The van der Waals surface area contributed by atoms with E-state index in [9.17, 15) is 9.59 Å². The molecule has 0 aliphatic carbocycles. The Labute approximate surface area is 171 Å². The average molecular weight is 394 g/mol. The normalized spacial score (nSPS) is 14.1. The summed E-state index contributed by atoms with van der Waals surface area (Å²) in [6, 6.07) is 13.3. The van der Waals surface area contributed by atoms with Gasteiger partial charge in [-0.2, -0.15) is 0 Å². The van der Waals surface area contributed by atoms with Crippen molar-refractivity contribution in [1.29, 1.82) is 0 Å². The highest BCUT2D eigenvalue weighted by molar-refractivity contribution is 6.03. The second kappa shape index (κ2) is 9.73. The Morgan fingerprint density at radius 2 is 1.79 bits per heavy atom. The summed E-state index contributed by atoms with van der Waals surface area (Å²) < 4.78 is 5.40. The van der Waals surface area contributed by atoms with Gasteiger partial charge < -0.3 is 19.4 Å². The van der Waals surface area contributed by atoms with Crippen molar-refractivity contribution in [2.75, 3.05) is 45.2 Å². The number of ketones is 1. The molecule has 1 amide bonds. The van der Waals surface area contributed by atoms with Gasteiger partial charge in [-0.15, -0.1) is 0 Å². The van der Waals surface area contributed by atoms with E-state index in [0.29, 0.717) is 31.9 Å². The molecule has 0 unspecified atom stereocenters. The summed E-state index contributed by atoms with van der Waals surface area (Å²) in [7, 11) is 3.72. The number of amides is 1. The zero-order valence-electron chi connectivity index (χ0n) is 16.8. The van der Waals surface area contributed by atoms with Gasteiger partial charge in [0.2, 0.25) is 5.78 Å². The van der Waals surface area contributed by atoms with E-state index in [1.807, 2.05) is 50.5 Å². The fourth-order valence-corrected chi connectivity index (χ4v) is 2.98. The Kier molecular flexibility index (Phi) is 6.84. The number of carbonyl (C=O) groups excluding carboxylic acids is 2. The molecule has 0 N–H and O–H groups in total. The van der Waals surface area contributed by atoms with Gasteiger partial charge in [0, 0.05) is 52.6 Å². The van der Waals surface area contributed by atoms with Gasteiger partial charge in [0.05, 0.1) is 11.9 Å². The molecule has 1 fully saturated rings. The van der Waals surface area contributed by atoms with E-state index < -0.39 is 0 Å². The third-order valence-corrected chi connectivity index (χ3v) is 4.63. The summed E-state index contributed by atoms with van der Waals surface area (Å²) in [5.74, 6) is -0.128. The van der Waals surface area contributed by atoms with Crippen molar-refractivity contribution in [3.05, 3.63) is 72.2 Å². The standard InChI is InChI=1S/C22H26N4O3/c1-24(2)11-10-21(27)20-9-8-19(16-23-20)25-12-14-26(15-13-25)22(28)29-17-18-6-4-3-5-7-18/h3-11,16H,12-15,17H2,1-2H3/b11-10+. The molecule has 0 spiro atoms. The van der Waals surface area contributed by atoms with E-state index in [4.69, 9.17) is 4.74 Å². The van der Waals surface area contributed by atoms with Crippen LogP contribution in [-0.4, -0.2) is 66.9 Å². The van der Waals surface area contributed by atoms with Crippen molar-refractivity contribution in [3.8, 4) is 0 Å². The Bertz CT molecular complexity index is 842. The maximum atomic E-state index is 12.3. The average Bonchev–Trinajstić information content (AvgIpc) is 2.76. The van der Waals surface area contributed by atoms with Crippen LogP contribution in [-0.2, 0) is 11.3 Å². The molecule has 2 heterocycles. The minimum absolute atomic E-state index is 0.128. The van der Waals surface area contributed by atoms with Gasteiger partial charge in [-0.3, -0.25) is 9.78 Å². The van der Waals surface area contributed by atoms with E-state index in [1.165, 1.54) is 6.08 Å². The number of benzene rings is 1. The van der Waals surface area contributed by atoms with E-state index in [2.05, 4.69) is 9.88 Å². The van der Waals surface area contributed by atoms with Crippen LogP contribution in [0.25, 0.3) is 0 Å². The number of nitrogens with zero attached hydrogens (tertiary/aromatic N) is 4. The Morgan fingerprint density at radius 3 is 2.41 bits per heavy atom. The molecule has 0 bridgehead atoms. The second-order valence-corrected chi connectivity index (χ2v) is 7.06. The van der Waals surface area contributed by atoms with Gasteiger partial charge in [0.1, 0.15) is 12.3 Å². The molecular formula is C22H26N4O3. The second-order valence-electron chi connectivity index (χ2n) is 7.06. The third kappa shape index (κ3) is 5.81. The fraction of sp³-hybridized carbons (Fsp3) is 0.318. The monoisotopic (exact) mass is 394 g/mol. The first-order valence-corrected chi connectivity index (χ1v) is 9.58. The van der Waals surface area contributed by atoms with E-state index in [-0.39, 0.29) is 18.5 Å². The van der Waals surface area contributed by atoms with Crippen molar-refractivity contribution >= 4 is 17.6 Å². The Balaban J connectivity index is 1.48. The van der Waals surface area contributed by atoms with E-state index in [1.54, 1.807) is 28.3 Å². The van der Waals surface area contributed by atoms with Crippen LogP contribution in [0.5, 0.6) is 0 Å². The quantitative estimate of drug-likeness (QED) is 0.555. The van der Waals surface area contributed by atoms with Crippen molar-refractivity contribution in [3.63, 3.8) is 0 Å². The number of ether oxygens (including phenoxy) is 1. The van der Waals surface area contributed by atoms with Gasteiger partial charge in [0.25, 0.3) is 0 Å². The van der Waals surface area contributed by atoms with Crippen LogP contribution in [0.2, 0.25) is 0 Å². The van der Waals surface area contributed by atoms with Crippen molar-refractivity contribution in [2.45, 2.75) is 6.61 Å². The molecule has 1 saturated heterocycles. The summed E-state index contributed by atoms with van der Waals surface area (Å²) in [6.45, 7) is 2.83. The predicted octanol–water partition coefficient (Wildman–Crippen LogP) is 2.80. The Morgan fingerprint density at radius 1 is 1.07 bits per heavy atom. The molecule has 152 valence electrons. The van der Waals surface area contributed by atoms with Crippen LogP contribution in [0.1, 0.15) is 16.1 Å². The maximum absolute atomic E-state index is 12.3. The van der Waals surface area contributed by atoms with Gasteiger partial charge in [-0.05, 0) is 17.7 Å². The van der Waals surface area contributed by atoms with Crippen LogP contribution >= 0.6 is 0 Å². The molecule has 1 aromatic heterocycles. The minimum atomic E-state index is -0.291. The molecule has 29 heavy (non-hydrogen) atoms. The molecule has 2 aromatic rings. The van der Waals surface area contributed by atoms with Gasteiger partial charge in [-0.1, -0.05) is 30.3 Å². The zero-order valence-corrected chi connectivity index (χ0v) is 16.8. The first-order valence-electron chi connectivity index (χ1n) is 9.58. The topological polar surface area (TPSA) is 66.0 Å². The lowest BCUT2D eigenvalue weighted by molar-refractivity contribution is 0.0941. The smallest absolute Gasteiger partial charge is 0.410 e. The highest BCUT2D eigenvalue weighted by Gasteiger charge is 2.22. The molecule has 1 aliphatic rings. The summed E-state index contributed by atoms with van der Waals surface area (Å²) in [4.78, 5) is 34.3. The molecule has 1 aromatic carbocycles. The number of pyridine rings is 1. The van der Waals surface area contributed by atoms with Gasteiger partial charge in [-0.25, -0.2) is 4.79 Å². The predicted molar refractivity (Wildman–Crippen MR) is 112 cm³/mol. The maximum Gasteiger partial charge on any atom is 0.410 e. The van der Waals surface area contributed by atoms with Crippen LogP contribution in [0.15, 0.2) is 60.9 Å². The highest BCUT2D eigenvalue weighted by Crippen LogP contribution is 2.17. The highest BCUT2D eigenvalue weighted by atomic mass is 16.6. The summed E-state index contributed by atoms with van der Waals surface area (Å²) in [5.41, 5.74) is 2.33. The lowest BCUT2D eigenvalue weighted by atomic mass is 10.2. The Hall–Kier alpha value is -3.35. The van der Waals surface area contributed by atoms with Crippen molar-refractivity contribution in [1.82, 2.24) is 14.8 Å². The fourth-order valence-electron chi connectivity index (χ4n) is 2.98. The molecule has 3 rings (SSSR count). The van der Waals surface area contributed by atoms with Crippen molar-refractivity contribution in [2.24, 2.45) is 0 Å². The van der Waals surface area contributed by atoms with E-state index in [0.717, 1.165) is 11.3 Å². The molecule has 0 radical (unpaired) electrons. The number of hydrogen-bond donors (Lipinski definition) is 0. The number of carbonyl (C=O) groups is 2. The van der Waals surface area contributed by atoms with Crippen LogP contribution in [0, 0.1) is 0 Å². The number of anilines is 1. The van der Waals surface area contributed by atoms with Crippen LogP contribution in [0.3, 0.4) is 0 Å². The molecule has 0 atom stereocenters. The lowest BCUT2D eigenvalue weighted by Crippen LogP contribution is -2.49. The molecule has 7 nitrogen and oxygen atoms in total. The minimum Gasteiger partial charge on any atom is -0.445 e. The number of piperazine rings is 1. The van der Waals surface area contributed by atoms with Gasteiger partial charge >= 0.3 is 6.09 Å². The number of hydrogen-bond acceptors (Lipinski definition) is 6. The number of allylic oxidation sites excluding steroid dienone is 1. The van der Waals surface area contributed by atoms with Crippen LogP contribution < -0.4 is 4.90 Å². The molecule has 0 saturated carbocycles. The number of aromatic nitrogens is 1. The van der Waals surface area contributed by atoms with Crippen LogP contribution in [0.4, 0.5) is 10.5 Å². The largest absolute Gasteiger partial charge is 0.445 e.